The molecular formula is C11H13ClN2O4S. The third-order valence-corrected chi connectivity index (χ3v) is 5.02. The van der Waals surface area contributed by atoms with Crippen LogP contribution in [0.25, 0.3) is 0 Å². The van der Waals surface area contributed by atoms with Crippen LogP contribution in [-0.2, 0) is 9.84 Å². The summed E-state index contributed by atoms with van der Waals surface area (Å²) >= 11 is 5.73. The molecule has 0 aromatic heterocycles. The molecule has 0 aliphatic carbocycles. The van der Waals surface area contributed by atoms with Gasteiger partial charge in [0.1, 0.15) is 15.5 Å². The largest absolute Gasteiger partial charge is 0.377 e. The van der Waals surface area contributed by atoms with E-state index < -0.39 is 14.8 Å². The minimum Gasteiger partial charge on any atom is -0.377 e. The van der Waals surface area contributed by atoms with Gasteiger partial charge in [0.25, 0.3) is 5.69 Å². The summed E-state index contributed by atoms with van der Waals surface area (Å²) in [7, 11) is -2.94. The highest BCUT2D eigenvalue weighted by Crippen LogP contribution is 2.29. The van der Waals surface area contributed by atoms with Crippen LogP contribution in [0.5, 0.6) is 0 Å². The van der Waals surface area contributed by atoms with Crippen molar-refractivity contribution in [1.82, 2.24) is 0 Å². The van der Waals surface area contributed by atoms with E-state index in [-0.39, 0.29) is 23.2 Å². The first-order chi connectivity index (χ1) is 8.87. The lowest BCUT2D eigenvalue weighted by Gasteiger charge is -2.23. The van der Waals surface area contributed by atoms with Crippen molar-refractivity contribution in [1.29, 1.82) is 0 Å². The number of rotatable bonds is 3. The Morgan fingerprint density at radius 3 is 2.53 bits per heavy atom. The summed E-state index contributed by atoms with van der Waals surface area (Å²) in [5, 5.41) is 14.3. The predicted molar refractivity (Wildman–Crippen MR) is 73.4 cm³/mol. The summed E-state index contributed by atoms with van der Waals surface area (Å²) in [6, 6.07) is 4.33. The molecule has 1 N–H and O–H groups in total. The number of benzene rings is 1. The second-order valence-corrected chi connectivity index (χ2v) is 7.23. The Morgan fingerprint density at radius 2 is 1.95 bits per heavy atom. The molecule has 1 fully saturated rings. The smallest absolute Gasteiger partial charge is 0.293 e. The summed E-state index contributed by atoms with van der Waals surface area (Å²) in [5.74, 6) is 0.234. The zero-order chi connectivity index (χ0) is 14.0. The zero-order valence-corrected chi connectivity index (χ0v) is 11.6. The van der Waals surface area contributed by atoms with Gasteiger partial charge in [-0.05, 0) is 25.0 Å². The van der Waals surface area contributed by atoms with Crippen LogP contribution in [0, 0.1) is 10.1 Å². The van der Waals surface area contributed by atoms with Crippen molar-refractivity contribution in [2.24, 2.45) is 0 Å². The highest BCUT2D eigenvalue weighted by molar-refractivity contribution is 7.91. The highest BCUT2D eigenvalue weighted by atomic mass is 35.5. The third-order valence-electron chi connectivity index (χ3n) is 3.07. The van der Waals surface area contributed by atoms with E-state index in [1.54, 1.807) is 12.1 Å². The van der Waals surface area contributed by atoms with E-state index in [2.05, 4.69) is 5.32 Å². The SMILES string of the molecule is O=[N+]([O-])c1cc(Cl)ccc1NC1CCS(=O)(=O)CC1. The van der Waals surface area contributed by atoms with Gasteiger partial charge in [-0.2, -0.15) is 0 Å². The number of hydrogen-bond acceptors (Lipinski definition) is 5. The first-order valence-corrected chi connectivity index (χ1v) is 7.98. The Bertz CT molecular complexity index is 589. The fraction of sp³-hybridized carbons (Fsp3) is 0.455. The van der Waals surface area contributed by atoms with Crippen LogP contribution in [-0.4, -0.2) is 30.9 Å². The number of hydrogen-bond donors (Lipinski definition) is 1. The van der Waals surface area contributed by atoms with Gasteiger partial charge in [-0.3, -0.25) is 10.1 Å². The summed E-state index contributed by atoms with van der Waals surface area (Å²) in [4.78, 5) is 10.4. The minimum absolute atomic E-state index is 0.0663. The van der Waals surface area contributed by atoms with Gasteiger partial charge in [0.2, 0.25) is 0 Å². The van der Waals surface area contributed by atoms with Gasteiger partial charge in [0.05, 0.1) is 16.4 Å². The normalized spacial score (nSPS) is 19.0. The van der Waals surface area contributed by atoms with Gasteiger partial charge in [-0.15, -0.1) is 0 Å². The fourth-order valence-electron chi connectivity index (χ4n) is 2.03. The van der Waals surface area contributed by atoms with Gasteiger partial charge < -0.3 is 5.32 Å². The highest BCUT2D eigenvalue weighted by Gasteiger charge is 2.25. The van der Waals surface area contributed by atoms with Crippen molar-refractivity contribution in [2.45, 2.75) is 18.9 Å². The monoisotopic (exact) mass is 304 g/mol. The van der Waals surface area contributed by atoms with E-state index in [1.807, 2.05) is 0 Å². The van der Waals surface area contributed by atoms with Gasteiger partial charge in [0, 0.05) is 17.1 Å². The van der Waals surface area contributed by atoms with Crippen LogP contribution in [0.15, 0.2) is 18.2 Å². The summed E-state index contributed by atoms with van der Waals surface area (Å²) in [6.07, 6.45) is 0.921. The van der Waals surface area contributed by atoms with Gasteiger partial charge >= 0.3 is 0 Å². The van der Waals surface area contributed by atoms with Crippen molar-refractivity contribution >= 4 is 32.8 Å². The van der Waals surface area contributed by atoms with Crippen molar-refractivity contribution in [3.8, 4) is 0 Å². The average molecular weight is 305 g/mol. The molecule has 1 aliphatic rings. The van der Waals surface area contributed by atoms with Crippen molar-refractivity contribution in [3.05, 3.63) is 33.3 Å². The van der Waals surface area contributed by atoms with Crippen molar-refractivity contribution < 1.29 is 13.3 Å². The van der Waals surface area contributed by atoms with E-state index in [1.165, 1.54) is 6.07 Å². The van der Waals surface area contributed by atoms with Crippen LogP contribution < -0.4 is 5.32 Å². The Balaban J connectivity index is 2.14. The summed E-state index contributed by atoms with van der Waals surface area (Å²) in [6.45, 7) is 0. The molecule has 0 bridgehead atoms. The molecule has 0 amide bonds. The first-order valence-electron chi connectivity index (χ1n) is 5.78. The van der Waals surface area contributed by atoms with Gasteiger partial charge in [-0.25, -0.2) is 8.42 Å². The zero-order valence-electron chi connectivity index (χ0n) is 10.0. The second-order valence-electron chi connectivity index (χ2n) is 4.49. The Kier molecular flexibility index (Phi) is 3.96. The van der Waals surface area contributed by atoms with Crippen LogP contribution >= 0.6 is 11.6 Å². The molecular weight excluding hydrogens is 292 g/mol. The Hall–Kier alpha value is -1.34. The number of halogens is 1. The molecule has 104 valence electrons. The molecule has 6 nitrogen and oxygen atoms in total. The number of anilines is 1. The average Bonchev–Trinajstić information content (AvgIpc) is 2.33. The van der Waals surface area contributed by atoms with E-state index in [0.29, 0.717) is 23.6 Å². The molecule has 0 atom stereocenters. The number of nitrogens with one attached hydrogen (secondary N) is 1. The molecule has 8 heteroatoms. The quantitative estimate of drug-likeness (QED) is 0.683. The number of nitro benzene ring substituents is 1. The lowest BCUT2D eigenvalue weighted by atomic mass is 10.1. The Morgan fingerprint density at radius 1 is 1.32 bits per heavy atom. The molecule has 2 rings (SSSR count). The Labute approximate surface area is 115 Å². The summed E-state index contributed by atoms with van der Waals surface area (Å²) in [5.41, 5.74) is 0.277. The molecule has 1 aromatic rings. The van der Waals surface area contributed by atoms with E-state index in [9.17, 15) is 18.5 Å². The maximum atomic E-state index is 11.3. The van der Waals surface area contributed by atoms with Crippen LogP contribution in [0.4, 0.5) is 11.4 Å². The minimum atomic E-state index is -2.94. The standard InChI is InChI=1S/C11H13ClN2O4S/c12-8-1-2-10(11(7-8)14(15)16)13-9-3-5-19(17,18)6-4-9/h1-2,7,9,13H,3-6H2. The molecule has 1 saturated heterocycles. The van der Waals surface area contributed by atoms with E-state index in [0.717, 1.165) is 0 Å². The number of sulfone groups is 1. The molecule has 0 saturated carbocycles. The first kappa shape index (κ1) is 14.1. The maximum Gasteiger partial charge on any atom is 0.293 e. The number of nitrogens with zero attached hydrogens (tertiary/aromatic N) is 1. The molecule has 1 aromatic carbocycles. The van der Waals surface area contributed by atoms with Crippen LogP contribution in [0.1, 0.15) is 12.8 Å². The van der Waals surface area contributed by atoms with Crippen molar-refractivity contribution in [2.75, 3.05) is 16.8 Å². The third kappa shape index (κ3) is 3.57. The van der Waals surface area contributed by atoms with Crippen molar-refractivity contribution in [3.63, 3.8) is 0 Å². The maximum absolute atomic E-state index is 11.3. The predicted octanol–water partition coefficient (Wildman–Crippen LogP) is 2.24. The topological polar surface area (TPSA) is 89.3 Å². The molecule has 0 spiro atoms. The number of nitro groups is 1. The van der Waals surface area contributed by atoms with E-state index in [4.69, 9.17) is 11.6 Å². The lowest BCUT2D eigenvalue weighted by molar-refractivity contribution is -0.384. The van der Waals surface area contributed by atoms with Gasteiger partial charge in [0.15, 0.2) is 0 Å². The van der Waals surface area contributed by atoms with Gasteiger partial charge in [-0.1, -0.05) is 11.6 Å². The molecule has 19 heavy (non-hydrogen) atoms. The molecule has 0 unspecified atom stereocenters. The molecule has 0 radical (unpaired) electrons. The fourth-order valence-corrected chi connectivity index (χ4v) is 3.69. The summed E-state index contributed by atoms with van der Waals surface area (Å²) < 4.78 is 22.6. The molecule has 1 heterocycles. The lowest BCUT2D eigenvalue weighted by Crippen LogP contribution is -2.32. The van der Waals surface area contributed by atoms with E-state index >= 15 is 0 Å². The second kappa shape index (κ2) is 5.34. The van der Waals surface area contributed by atoms with Crippen LogP contribution in [0.2, 0.25) is 5.02 Å². The van der Waals surface area contributed by atoms with Crippen LogP contribution in [0.3, 0.4) is 0 Å². The molecule has 1 aliphatic heterocycles.